The maximum Gasteiger partial charge on any atom is 0.261 e. The van der Waals surface area contributed by atoms with E-state index in [4.69, 9.17) is 5.73 Å². The van der Waals surface area contributed by atoms with Crippen molar-refractivity contribution in [1.82, 2.24) is 10.2 Å². The average Bonchev–Trinajstić information content (AvgIpc) is 3.17. The van der Waals surface area contributed by atoms with Gasteiger partial charge in [0.05, 0.1) is 11.6 Å². The molecule has 1 aliphatic rings. The van der Waals surface area contributed by atoms with Crippen molar-refractivity contribution in [2.45, 2.75) is 25.4 Å². The number of amides is 3. The Morgan fingerprint density at radius 3 is 2.39 bits per heavy atom. The molecule has 33 heavy (non-hydrogen) atoms. The summed E-state index contributed by atoms with van der Waals surface area (Å²) in [5.74, 6) is -1.36. The lowest BCUT2D eigenvalue weighted by molar-refractivity contribution is -0.117. The van der Waals surface area contributed by atoms with Crippen LogP contribution in [-0.4, -0.2) is 42.3 Å². The second-order valence-corrected chi connectivity index (χ2v) is 9.24. The molecule has 1 unspecified atom stereocenters. The van der Waals surface area contributed by atoms with Crippen LogP contribution in [0.25, 0.3) is 0 Å². The zero-order valence-corrected chi connectivity index (χ0v) is 19.2. The Morgan fingerprint density at radius 1 is 1.03 bits per heavy atom. The number of hydrogen-bond acceptors (Lipinski definition) is 6. The summed E-state index contributed by atoms with van der Waals surface area (Å²) in [5.41, 5.74) is 8.74. The van der Waals surface area contributed by atoms with Crippen molar-refractivity contribution in [2.75, 3.05) is 18.9 Å². The smallest absolute Gasteiger partial charge is 0.261 e. The molecule has 0 saturated carbocycles. The molecule has 1 aromatic heterocycles. The Morgan fingerprint density at radius 2 is 1.70 bits per heavy atom. The van der Waals surface area contributed by atoms with Crippen molar-refractivity contribution in [3.63, 3.8) is 0 Å². The summed E-state index contributed by atoms with van der Waals surface area (Å²) >= 11 is 1.37. The van der Waals surface area contributed by atoms with Gasteiger partial charge in [0, 0.05) is 23.5 Å². The van der Waals surface area contributed by atoms with Crippen LogP contribution >= 0.6 is 11.3 Å². The second-order valence-electron chi connectivity index (χ2n) is 8.13. The molecule has 2 aromatic carbocycles. The zero-order valence-electron chi connectivity index (χ0n) is 18.3. The predicted octanol–water partition coefficient (Wildman–Crippen LogP) is 2.81. The van der Waals surface area contributed by atoms with Crippen molar-refractivity contribution in [2.24, 2.45) is 5.73 Å². The number of nitrogens with two attached hydrogens (primary N) is 1. The molecule has 170 valence electrons. The number of hydrogen-bond donors (Lipinski definition) is 3. The summed E-state index contributed by atoms with van der Waals surface area (Å²) in [6, 6.07) is 17.3. The first-order valence-corrected chi connectivity index (χ1v) is 11.6. The predicted molar refractivity (Wildman–Crippen MR) is 129 cm³/mol. The number of imide groups is 1. The summed E-state index contributed by atoms with van der Waals surface area (Å²) in [6.07, 6.45) is 1.05. The van der Waals surface area contributed by atoms with Crippen molar-refractivity contribution < 1.29 is 14.4 Å². The van der Waals surface area contributed by atoms with Gasteiger partial charge in [-0.25, -0.2) is 0 Å². The van der Waals surface area contributed by atoms with Crippen LogP contribution in [0.15, 0.2) is 60.7 Å². The molecule has 0 bridgehead atoms. The maximum absolute atomic E-state index is 13.2. The molecular weight excluding hydrogens is 436 g/mol. The molecule has 3 amide bonds. The summed E-state index contributed by atoms with van der Waals surface area (Å²) < 4.78 is 0. The van der Waals surface area contributed by atoms with E-state index in [1.165, 1.54) is 11.3 Å². The van der Waals surface area contributed by atoms with Gasteiger partial charge >= 0.3 is 0 Å². The summed E-state index contributed by atoms with van der Waals surface area (Å²) in [5, 5.41) is 5.77. The first-order chi connectivity index (χ1) is 15.9. The van der Waals surface area contributed by atoms with Crippen LogP contribution in [0.2, 0.25) is 0 Å². The number of benzene rings is 2. The Hall–Kier alpha value is -3.33. The highest BCUT2D eigenvalue weighted by molar-refractivity contribution is 7.17. The molecule has 2 heterocycles. The number of nitrogens with one attached hydrogen (secondary N) is 2. The van der Waals surface area contributed by atoms with Crippen LogP contribution in [-0.2, 0) is 24.2 Å². The highest BCUT2D eigenvalue weighted by atomic mass is 32.1. The minimum absolute atomic E-state index is 0.354. The molecule has 4 rings (SSSR count). The highest BCUT2D eigenvalue weighted by Crippen LogP contribution is 2.37. The quantitative estimate of drug-likeness (QED) is 0.489. The van der Waals surface area contributed by atoms with Crippen molar-refractivity contribution >= 4 is 34.1 Å². The van der Waals surface area contributed by atoms with Crippen LogP contribution in [0.1, 0.15) is 36.7 Å². The molecular formula is C25H26N4O3S. The SMILES string of the molecule is CN1CCc2c(sc(NC(=O)C(N)Cc3ccccc3)c2C(=O)NC(=O)c2ccccc2)C1. The molecule has 0 radical (unpaired) electrons. The summed E-state index contributed by atoms with van der Waals surface area (Å²) in [4.78, 5) is 41.8. The lowest BCUT2D eigenvalue weighted by Gasteiger charge is -2.22. The maximum atomic E-state index is 13.2. The molecule has 4 N–H and O–H groups in total. The number of carbonyl (C=O) groups is 3. The third-order valence-corrected chi connectivity index (χ3v) is 6.74. The normalized spacial score (nSPS) is 14.2. The van der Waals surface area contributed by atoms with Crippen LogP contribution < -0.4 is 16.4 Å². The fourth-order valence-electron chi connectivity index (χ4n) is 3.85. The number of rotatable bonds is 6. The van der Waals surface area contributed by atoms with Gasteiger partial charge in [-0.2, -0.15) is 0 Å². The van der Waals surface area contributed by atoms with Crippen LogP contribution in [0.4, 0.5) is 5.00 Å². The number of fused-ring (bicyclic) bond motifs is 1. The molecule has 1 atom stereocenters. The molecule has 8 heteroatoms. The van der Waals surface area contributed by atoms with Gasteiger partial charge in [-0.1, -0.05) is 48.5 Å². The van der Waals surface area contributed by atoms with Gasteiger partial charge < -0.3 is 16.0 Å². The second kappa shape index (κ2) is 10.1. The van der Waals surface area contributed by atoms with Crippen molar-refractivity contribution in [3.05, 3.63) is 87.8 Å². The van der Waals surface area contributed by atoms with E-state index in [2.05, 4.69) is 15.5 Å². The largest absolute Gasteiger partial charge is 0.320 e. The molecule has 3 aromatic rings. The zero-order chi connectivity index (χ0) is 23.4. The minimum Gasteiger partial charge on any atom is -0.320 e. The molecule has 7 nitrogen and oxygen atoms in total. The van der Waals surface area contributed by atoms with Crippen LogP contribution in [0, 0.1) is 0 Å². The summed E-state index contributed by atoms with van der Waals surface area (Å²) in [6.45, 7) is 1.47. The van der Waals surface area contributed by atoms with Gasteiger partial charge in [-0.05, 0) is 43.1 Å². The van der Waals surface area contributed by atoms with Crippen molar-refractivity contribution in [1.29, 1.82) is 0 Å². The number of nitrogens with zero attached hydrogens (tertiary/aromatic N) is 1. The number of anilines is 1. The Bertz CT molecular complexity index is 1160. The highest BCUT2D eigenvalue weighted by Gasteiger charge is 2.29. The molecule has 0 spiro atoms. The third-order valence-electron chi connectivity index (χ3n) is 5.61. The van der Waals surface area contributed by atoms with Gasteiger partial charge in [-0.3, -0.25) is 19.7 Å². The topological polar surface area (TPSA) is 105 Å². The lowest BCUT2D eigenvalue weighted by Crippen LogP contribution is -2.38. The van der Waals surface area contributed by atoms with Gasteiger partial charge in [-0.15, -0.1) is 11.3 Å². The minimum atomic E-state index is -0.768. The Balaban J connectivity index is 1.56. The monoisotopic (exact) mass is 462 g/mol. The van der Waals surface area contributed by atoms with Gasteiger partial charge in [0.2, 0.25) is 5.91 Å². The van der Waals surface area contributed by atoms with Gasteiger partial charge in [0.15, 0.2) is 0 Å². The Kier molecular flexibility index (Phi) is 6.98. The fraction of sp³-hybridized carbons (Fsp3) is 0.240. The Labute approximate surface area is 196 Å². The molecule has 0 saturated heterocycles. The van der Waals surface area contributed by atoms with Gasteiger partial charge in [0.25, 0.3) is 11.8 Å². The van der Waals surface area contributed by atoms with Crippen LogP contribution in [0.5, 0.6) is 0 Å². The molecule has 0 fully saturated rings. The van der Waals surface area contributed by atoms with Crippen molar-refractivity contribution in [3.8, 4) is 0 Å². The van der Waals surface area contributed by atoms with E-state index in [0.29, 0.717) is 35.5 Å². The number of carbonyl (C=O) groups excluding carboxylic acids is 3. The number of likely N-dealkylation sites (N-methyl/N-ethyl adjacent to an activating group) is 1. The van der Waals surface area contributed by atoms with E-state index >= 15 is 0 Å². The number of thiophene rings is 1. The lowest BCUT2D eigenvalue weighted by atomic mass is 10.0. The van der Waals surface area contributed by atoms with E-state index in [9.17, 15) is 14.4 Å². The van der Waals surface area contributed by atoms with Crippen LogP contribution in [0.3, 0.4) is 0 Å². The molecule has 0 aliphatic carbocycles. The first kappa shape index (κ1) is 22.8. The van der Waals surface area contributed by atoms with E-state index in [1.54, 1.807) is 30.3 Å². The fourth-order valence-corrected chi connectivity index (χ4v) is 5.18. The third kappa shape index (κ3) is 5.36. The van der Waals surface area contributed by atoms with E-state index in [1.807, 2.05) is 37.4 Å². The van der Waals surface area contributed by atoms with Gasteiger partial charge in [0.1, 0.15) is 5.00 Å². The standard InChI is InChI=1S/C25H26N4O3S/c1-29-13-12-18-20(15-29)33-25(28-23(31)19(26)14-16-8-4-2-5-9-16)21(18)24(32)27-22(30)17-10-6-3-7-11-17/h2-11,19H,12-15,26H2,1H3,(H,28,31)(H,27,30,32). The molecule has 1 aliphatic heterocycles. The van der Waals surface area contributed by atoms with E-state index in [-0.39, 0.29) is 5.91 Å². The average molecular weight is 463 g/mol. The van der Waals surface area contributed by atoms with E-state index < -0.39 is 17.9 Å². The summed E-state index contributed by atoms with van der Waals surface area (Å²) in [7, 11) is 2.01. The van der Waals surface area contributed by atoms with E-state index in [0.717, 1.165) is 22.5 Å². The first-order valence-electron chi connectivity index (χ1n) is 10.8.